The highest BCUT2D eigenvalue weighted by Crippen LogP contribution is 2.05. The van der Waals surface area contributed by atoms with Gasteiger partial charge in [-0.05, 0) is 12.0 Å². The van der Waals surface area contributed by atoms with Crippen LogP contribution in [0.3, 0.4) is 0 Å². The van der Waals surface area contributed by atoms with Crippen LogP contribution in [0.25, 0.3) is 0 Å². The topological polar surface area (TPSA) is 32.3 Å². The molecule has 1 aliphatic rings. The Morgan fingerprint density at radius 1 is 1.29 bits per heavy atom. The van der Waals surface area contributed by atoms with Crippen molar-refractivity contribution < 1.29 is 4.79 Å². The third kappa shape index (κ3) is 2.05. The molecule has 1 aromatic rings. The van der Waals surface area contributed by atoms with Gasteiger partial charge in [0.2, 0.25) is 0 Å². The van der Waals surface area contributed by atoms with Crippen LogP contribution < -0.4 is 5.32 Å². The predicted octanol–water partition coefficient (Wildman–Crippen LogP) is 1.60. The molecule has 14 heavy (non-hydrogen) atoms. The van der Waals surface area contributed by atoms with Crippen molar-refractivity contribution in [2.75, 3.05) is 13.1 Å². The number of rotatable bonds is 2. The predicted molar refractivity (Wildman–Crippen MR) is 54.9 cm³/mol. The van der Waals surface area contributed by atoms with Crippen LogP contribution in [-0.2, 0) is 6.54 Å². The van der Waals surface area contributed by atoms with Gasteiger partial charge >= 0.3 is 6.03 Å². The fourth-order valence-corrected chi connectivity index (χ4v) is 1.40. The molecule has 1 N–H and O–H groups in total. The molecule has 0 aliphatic carbocycles. The maximum atomic E-state index is 11.4. The highest BCUT2D eigenvalue weighted by Gasteiger charge is 2.19. The summed E-state index contributed by atoms with van der Waals surface area (Å²) >= 11 is 0. The molecule has 0 saturated carbocycles. The Bertz CT molecular complexity index is 306. The summed E-state index contributed by atoms with van der Waals surface area (Å²) in [5.74, 6) is 0. The first kappa shape index (κ1) is 9.06. The molecule has 1 saturated heterocycles. The molecule has 0 radical (unpaired) electrons. The Morgan fingerprint density at radius 2 is 2.00 bits per heavy atom. The molecular weight excluding hydrogens is 176 g/mol. The minimum Gasteiger partial charge on any atom is -0.334 e. The van der Waals surface area contributed by atoms with Gasteiger partial charge in [-0.2, -0.15) is 0 Å². The number of hydrogen-bond donors (Lipinski definition) is 1. The number of carbonyl (C=O) groups excluding carboxylic acids is 1. The van der Waals surface area contributed by atoms with Crippen LogP contribution in [0.15, 0.2) is 30.3 Å². The Labute approximate surface area is 83.7 Å². The lowest BCUT2D eigenvalue weighted by atomic mass is 10.2. The lowest BCUT2D eigenvalue weighted by molar-refractivity contribution is 0.167. The van der Waals surface area contributed by atoms with Crippen molar-refractivity contribution in [2.24, 2.45) is 0 Å². The summed E-state index contributed by atoms with van der Waals surface area (Å²) in [6.07, 6.45) is 1.14. The summed E-state index contributed by atoms with van der Waals surface area (Å²) in [5, 5.41) is 2.89. The number of hydrogen-bond acceptors (Lipinski definition) is 1. The Balaban J connectivity index is 1.79. The van der Waals surface area contributed by atoms with Crippen molar-refractivity contribution in [2.45, 2.75) is 13.0 Å². The summed E-state index contributed by atoms with van der Waals surface area (Å²) < 4.78 is 0. The van der Waals surface area contributed by atoms with Crippen molar-refractivity contribution in [3.8, 4) is 0 Å². The summed E-state index contributed by atoms with van der Waals surface area (Å²) in [4.78, 5) is 13.2. The molecule has 2 amide bonds. The minimum absolute atomic E-state index is 0.0557. The summed E-state index contributed by atoms with van der Waals surface area (Å²) in [6, 6.07) is 10.0. The number of carbonyl (C=O) groups is 1. The quantitative estimate of drug-likeness (QED) is 0.754. The van der Waals surface area contributed by atoms with Crippen LogP contribution in [0.2, 0.25) is 0 Å². The zero-order chi connectivity index (χ0) is 9.80. The normalized spacial score (nSPS) is 14.7. The highest BCUT2D eigenvalue weighted by atomic mass is 16.2. The molecule has 1 heterocycles. The number of amides is 2. The maximum absolute atomic E-state index is 11.4. The van der Waals surface area contributed by atoms with E-state index < -0.39 is 0 Å². The van der Waals surface area contributed by atoms with Gasteiger partial charge in [0, 0.05) is 19.6 Å². The van der Waals surface area contributed by atoms with Crippen LogP contribution in [0.1, 0.15) is 12.0 Å². The number of likely N-dealkylation sites (tertiary alicyclic amines) is 1. The first-order valence-electron chi connectivity index (χ1n) is 4.93. The number of nitrogens with one attached hydrogen (secondary N) is 1. The van der Waals surface area contributed by atoms with Gasteiger partial charge in [-0.15, -0.1) is 0 Å². The Hall–Kier alpha value is -1.51. The summed E-state index contributed by atoms with van der Waals surface area (Å²) in [6.45, 7) is 2.43. The van der Waals surface area contributed by atoms with Gasteiger partial charge in [0.1, 0.15) is 0 Å². The first-order valence-corrected chi connectivity index (χ1v) is 4.93. The lowest BCUT2D eigenvalue weighted by Gasteiger charge is -2.30. The van der Waals surface area contributed by atoms with Crippen LogP contribution in [-0.4, -0.2) is 24.0 Å². The van der Waals surface area contributed by atoms with E-state index in [1.807, 2.05) is 35.2 Å². The monoisotopic (exact) mass is 190 g/mol. The van der Waals surface area contributed by atoms with Gasteiger partial charge < -0.3 is 10.2 Å². The van der Waals surface area contributed by atoms with Crippen molar-refractivity contribution >= 4 is 6.03 Å². The van der Waals surface area contributed by atoms with E-state index in [2.05, 4.69) is 5.32 Å². The van der Waals surface area contributed by atoms with E-state index in [0.29, 0.717) is 6.54 Å². The van der Waals surface area contributed by atoms with Gasteiger partial charge in [-0.25, -0.2) is 4.79 Å². The zero-order valence-corrected chi connectivity index (χ0v) is 8.07. The average Bonchev–Trinajstić information content (AvgIpc) is 2.14. The molecule has 1 fully saturated rings. The molecule has 2 rings (SSSR count). The molecule has 3 heteroatoms. The molecular formula is C11H14N2O. The van der Waals surface area contributed by atoms with Crippen LogP contribution in [0.5, 0.6) is 0 Å². The van der Waals surface area contributed by atoms with Crippen molar-refractivity contribution in [3.63, 3.8) is 0 Å². The molecule has 74 valence electrons. The number of nitrogens with zero attached hydrogens (tertiary/aromatic N) is 1. The number of benzene rings is 1. The van der Waals surface area contributed by atoms with Crippen molar-refractivity contribution in [1.29, 1.82) is 0 Å². The second-order valence-corrected chi connectivity index (χ2v) is 3.48. The summed E-state index contributed by atoms with van der Waals surface area (Å²) in [5.41, 5.74) is 1.14. The van der Waals surface area contributed by atoms with Gasteiger partial charge in [0.15, 0.2) is 0 Å². The standard InChI is InChI=1S/C11H14N2O/c14-11(13-7-4-8-13)12-9-10-5-2-1-3-6-10/h1-3,5-6H,4,7-9H2,(H,12,14). The molecule has 1 aromatic carbocycles. The number of urea groups is 1. The van der Waals surface area contributed by atoms with E-state index in [4.69, 9.17) is 0 Å². The molecule has 3 nitrogen and oxygen atoms in total. The van der Waals surface area contributed by atoms with E-state index in [1.165, 1.54) is 0 Å². The van der Waals surface area contributed by atoms with E-state index in [9.17, 15) is 4.79 Å². The highest BCUT2D eigenvalue weighted by molar-refractivity contribution is 5.74. The SMILES string of the molecule is O=C(NCc1ccccc1)N1CCC1. The van der Waals surface area contributed by atoms with E-state index in [-0.39, 0.29) is 6.03 Å². The van der Waals surface area contributed by atoms with E-state index >= 15 is 0 Å². The molecule has 0 unspecified atom stereocenters. The van der Waals surface area contributed by atoms with Gasteiger partial charge in [-0.1, -0.05) is 30.3 Å². The van der Waals surface area contributed by atoms with Crippen LogP contribution >= 0.6 is 0 Å². The van der Waals surface area contributed by atoms with Crippen LogP contribution in [0, 0.1) is 0 Å². The average molecular weight is 190 g/mol. The first-order chi connectivity index (χ1) is 6.86. The Morgan fingerprint density at radius 3 is 2.57 bits per heavy atom. The molecule has 1 aliphatic heterocycles. The molecule has 0 bridgehead atoms. The fourth-order valence-electron chi connectivity index (χ4n) is 1.40. The second-order valence-electron chi connectivity index (χ2n) is 3.48. The van der Waals surface area contributed by atoms with Gasteiger partial charge in [0.25, 0.3) is 0 Å². The molecule has 0 atom stereocenters. The maximum Gasteiger partial charge on any atom is 0.317 e. The minimum atomic E-state index is 0.0557. The molecule has 0 spiro atoms. The van der Waals surface area contributed by atoms with Crippen molar-refractivity contribution in [1.82, 2.24) is 10.2 Å². The summed E-state index contributed by atoms with van der Waals surface area (Å²) in [7, 11) is 0. The Kier molecular flexibility index (Phi) is 2.68. The zero-order valence-electron chi connectivity index (χ0n) is 8.07. The van der Waals surface area contributed by atoms with Crippen molar-refractivity contribution in [3.05, 3.63) is 35.9 Å². The van der Waals surface area contributed by atoms with E-state index in [0.717, 1.165) is 25.1 Å². The van der Waals surface area contributed by atoms with E-state index in [1.54, 1.807) is 0 Å². The largest absolute Gasteiger partial charge is 0.334 e. The van der Waals surface area contributed by atoms with Gasteiger partial charge in [-0.3, -0.25) is 0 Å². The lowest BCUT2D eigenvalue weighted by Crippen LogP contribution is -2.47. The second kappa shape index (κ2) is 4.13. The fraction of sp³-hybridized carbons (Fsp3) is 0.364. The van der Waals surface area contributed by atoms with Gasteiger partial charge in [0.05, 0.1) is 0 Å². The van der Waals surface area contributed by atoms with Crippen LogP contribution in [0.4, 0.5) is 4.79 Å². The third-order valence-corrected chi connectivity index (χ3v) is 2.43. The third-order valence-electron chi connectivity index (χ3n) is 2.43. The molecule has 0 aromatic heterocycles. The smallest absolute Gasteiger partial charge is 0.317 e.